The number of halogens is 2. The van der Waals surface area contributed by atoms with Gasteiger partial charge in [-0.2, -0.15) is 0 Å². The maximum absolute atomic E-state index is 13.4. The van der Waals surface area contributed by atoms with Gasteiger partial charge in [-0.25, -0.2) is 9.07 Å². The first kappa shape index (κ1) is 16.1. The molecule has 0 unspecified atom stereocenters. The summed E-state index contributed by atoms with van der Waals surface area (Å²) in [5.41, 5.74) is 2.66. The summed E-state index contributed by atoms with van der Waals surface area (Å²) in [6, 6.07) is 11.2. The number of aryl methyl sites for hydroxylation is 1. The zero-order valence-electron chi connectivity index (χ0n) is 13.0. The number of carbonyl (C=O) groups is 1. The van der Waals surface area contributed by atoms with Gasteiger partial charge in [-0.1, -0.05) is 28.9 Å². The number of nitrogens with zero attached hydrogens (tertiary/aromatic N) is 3. The van der Waals surface area contributed by atoms with E-state index in [4.69, 9.17) is 11.6 Å². The van der Waals surface area contributed by atoms with E-state index in [0.717, 1.165) is 5.56 Å². The Bertz CT molecular complexity index is 923. The molecule has 1 amide bonds. The first-order valence-corrected chi connectivity index (χ1v) is 7.59. The molecule has 3 rings (SSSR count). The molecule has 0 aliphatic rings. The van der Waals surface area contributed by atoms with Gasteiger partial charge in [-0.15, -0.1) is 5.10 Å². The highest BCUT2D eigenvalue weighted by Gasteiger charge is 2.18. The van der Waals surface area contributed by atoms with Gasteiger partial charge < -0.3 is 5.32 Å². The lowest BCUT2D eigenvalue weighted by atomic mass is 10.2. The van der Waals surface area contributed by atoms with Crippen molar-refractivity contribution >= 4 is 23.2 Å². The van der Waals surface area contributed by atoms with E-state index >= 15 is 0 Å². The molecular formula is C17H14ClFN4O. The lowest BCUT2D eigenvalue weighted by Gasteiger charge is -2.06. The molecule has 0 radical (unpaired) electrons. The molecule has 122 valence electrons. The van der Waals surface area contributed by atoms with Crippen LogP contribution < -0.4 is 5.32 Å². The van der Waals surface area contributed by atoms with Crippen LogP contribution in [0, 0.1) is 19.7 Å². The third-order valence-corrected chi connectivity index (χ3v) is 4.00. The van der Waals surface area contributed by atoms with Crippen molar-refractivity contribution < 1.29 is 9.18 Å². The van der Waals surface area contributed by atoms with Crippen LogP contribution in [-0.2, 0) is 0 Å². The largest absolute Gasteiger partial charge is 0.320 e. The molecule has 3 aromatic rings. The molecule has 0 spiro atoms. The average molecular weight is 345 g/mol. The van der Waals surface area contributed by atoms with Crippen molar-refractivity contribution in [2.45, 2.75) is 13.8 Å². The van der Waals surface area contributed by atoms with E-state index in [0.29, 0.717) is 22.1 Å². The summed E-state index contributed by atoms with van der Waals surface area (Å²) in [6.07, 6.45) is 0. The van der Waals surface area contributed by atoms with Crippen molar-refractivity contribution in [1.29, 1.82) is 0 Å². The molecule has 0 atom stereocenters. The van der Waals surface area contributed by atoms with E-state index in [9.17, 15) is 9.18 Å². The third kappa shape index (κ3) is 3.14. The molecule has 1 N–H and O–H groups in total. The molecule has 2 aromatic carbocycles. The van der Waals surface area contributed by atoms with Crippen molar-refractivity contribution in [1.82, 2.24) is 15.0 Å². The summed E-state index contributed by atoms with van der Waals surface area (Å²) in [5, 5.41) is 11.1. The summed E-state index contributed by atoms with van der Waals surface area (Å²) in [7, 11) is 0. The summed E-state index contributed by atoms with van der Waals surface area (Å²) in [6.45, 7) is 3.57. The average Bonchev–Trinajstić information content (AvgIpc) is 2.93. The zero-order chi connectivity index (χ0) is 17.3. The molecule has 0 fully saturated rings. The smallest absolute Gasteiger partial charge is 0.278 e. The monoisotopic (exact) mass is 344 g/mol. The van der Waals surface area contributed by atoms with Crippen LogP contribution in [0.1, 0.15) is 21.7 Å². The van der Waals surface area contributed by atoms with Crippen LogP contribution in [0.25, 0.3) is 5.69 Å². The second-order valence-electron chi connectivity index (χ2n) is 5.33. The number of aromatic nitrogens is 3. The molecular weight excluding hydrogens is 331 g/mol. The Morgan fingerprint density at radius 2 is 2.00 bits per heavy atom. The molecule has 0 bridgehead atoms. The highest BCUT2D eigenvalue weighted by Crippen LogP contribution is 2.21. The van der Waals surface area contributed by atoms with Crippen LogP contribution in [0.2, 0.25) is 5.02 Å². The second kappa shape index (κ2) is 6.41. The first-order valence-electron chi connectivity index (χ1n) is 7.21. The summed E-state index contributed by atoms with van der Waals surface area (Å²) in [5.74, 6) is -0.794. The van der Waals surface area contributed by atoms with Crippen molar-refractivity contribution in [3.8, 4) is 5.69 Å². The molecule has 1 heterocycles. The van der Waals surface area contributed by atoms with Gasteiger partial charge in [0, 0.05) is 10.7 Å². The van der Waals surface area contributed by atoms with Crippen LogP contribution in [0.3, 0.4) is 0 Å². The quantitative estimate of drug-likeness (QED) is 0.783. The Morgan fingerprint density at radius 1 is 1.21 bits per heavy atom. The van der Waals surface area contributed by atoms with Gasteiger partial charge in [-0.05, 0) is 49.7 Å². The van der Waals surface area contributed by atoms with E-state index in [1.54, 1.807) is 31.2 Å². The van der Waals surface area contributed by atoms with E-state index in [1.807, 2.05) is 13.0 Å². The summed E-state index contributed by atoms with van der Waals surface area (Å²) >= 11 is 6.05. The van der Waals surface area contributed by atoms with Gasteiger partial charge in [0.15, 0.2) is 5.69 Å². The van der Waals surface area contributed by atoms with Gasteiger partial charge in [0.05, 0.1) is 11.4 Å². The van der Waals surface area contributed by atoms with Gasteiger partial charge in [0.25, 0.3) is 5.91 Å². The molecule has 0 aliphatic heterocycles. The predicted octanol–water partition coefficient (Wildman–Crippen LogP) is 3.93. The highest BCUT2D eigenvalue weighted by molar-refractivity contribution is 6.31. The topological polar surface area (TPSA) is 59.8 Å². The minimum atomic E-state index is -0.407. The maximum atomic E-state index is 13.4. The minimum absolute atomic E-state index is 0.163. The van der Waals surface area contributed by atoms with Gasteiger partial charge in [0.2, 0.25) is 0 Å². The molecule has 24 heavy (non-hydrogen) atoms. The number of rotatable bonds is 3. The van der Waals surface area contributed by atoms with Crippen LogP contribution in [0.5, 0.6) is 0 Å². The Kier molecular flexibility index (Phi) is 4.31. The molecule has 1 aromatic heterocycles. The summed E-state index contributed by atoms with van der Waals surface area (Å²) < 4.78 is 14.8. The highest BCUT2D eigenvalue weighted by atomic mass is 35.5. The van der Waals surface area contributed by atoms with Crippen molar-refractivity contribution in [3.05, 3.63) is 70.3 Å². The fourth-order valence-corrected chi connectivity index (χ4v) is 2.43. The normalized spacial score (nSPS) is 10.7. The van der Waals surface area contributed by atoms with Crippen LogP contribution in [0.15, 0.2) is 42.5 Å². The minimum Gasteiger partial charge on any atom is -0.320 e. The van der Waals surface area contributed by atoms with Crippen LogP contribution in [0.4, 0.5) is 10.1 Å². The Labute approximate surface area is 143 Å². The number of anilines is 1. The van der Waals surface area contributed by atoms with E-state index in [-0.39, 0.29) is 11.5 Å². The molecule has 0 aliphatic carbocycles. The lowest BCUT2D eigenvalue weighted by molar-refractivity contribution is 0.102. The standard InChI is InChI=1S/C17H14ClFN4O/c1-10-6-7-13(9-15(10)18)20-17(24)16-11(2)23(22-21-16)14-5-3-4-12(19)8-14/h3-9H,1-2H3,(H,20,24). The number of benzene rings is 2. The number of nitrogens with one attached hydrogen (secondary N) is 1. The fourth-order valence-electron chi connectivity index (χ4n) is 2.25. The number of hydrogen-bond donors (Lipinski definition) is 1. The van der Waals surface area contributed by atoms with Gasteiger partial charge in [0.1, 0.15) is 5.82 Å². The van der Waals surface area contributed by atoms with Crippen molar-refractivity contribution in [2.24, 2.45) is 0 Å². The summed E-state index contributed by atoms with van der Waals surface area (Å²) in [4.78, 5) is 12.4. The zero-order valence-corrected chi connectivity index (χ0v) is 13.8. The number of hydrogen-bond acceptors (Lipinski definition) is 3. The van der Waals surface area contributed by atoms with E-state index < -0.39 is 5.91 Å². The number of carbonyl (C=O) groups excluding carboxylic acids is 1. The second-order valence-corrected chi connectivity index (χ2v) is 5.74. The van der Waals surface area contributed by atoms with E-state index in [1.165, 1.54) is 16.8 Å². The van der Waals surface area contributed by atoms with Crippen LogP contribution in [-0.4, -0.2) is 20.9 Å². The third-order valence-electron chi connectivity index (χ3n) is 3.59. The molecule has 0 saturated carbocycles. The lowest BCUT2D eigenvalue weighted by Crippen LogP contribution is -2.14. The number of amides is 1. The van der Waals surface area contributed by atoms with Crippen molar-refractivity contribution in [3.63, 3.8) is 0 Å². The van der Waals surface area contributed by atoms with Crippen LogP contribution >= 0.6 is 11.6 Å². The SMILES string of the molecule is Cc1ccc(NC(=O)c2nnn(-c3cccc(F)c3)c2C)cc1Cl. The molecule has 0 saturated heterocycles. The fraction of sp³-hybridized carbons (Fsp3) is 0.118. The first-order chi connectivity index (χ1) is 11.5. The predicted molar refractivity (Wildman–Crippen MR) is 90.2 cm³/mol. The van der Waals surface area contributed by atoms with E-state index in [2.05, 4.69) is 15.6 Å². The maximum Gasteiger partial charge on any atom is 0.278 e. The van der Waals surface area contributed by atoms with Crippen molar-refractivity contribution in [2.75, 3.05) is 5.32 Å². The molecule has 5 nitrogen and oxygen atoms in total. The van der Waals surface area contributed by atoms with Gasteiger partial charge in [-0.3, -0.25) is 4.79 Å². The Hall–Kier alpha value is -2.73. The van der Waals surface area contributed by atoms with Gasteiger partial charge >= 0.3 is 0 Å². The molecule has 7 heteroatoms. The Balaban J connectivity index is 1.87. The Morgan fingerprint density at radius 3 is 2.71 bits per heavy atom.